The Morgan fingerprint density at radius 2 is 2.00 bits per heavy atom. The third-order valence-electron chi connectivity index (χ3n) is 2.44. The Bertz CT molecular complexity index is 604. The molecule has 1 N–H and O–H groups in total. The van der Waals surface area contributed by atoms with Gasteiger partial charge in [0.1, 0.15) is 9.84 Å². The van der Waals surface area contributed by atoms with E-state index in [0.29, 0.717) is 0 Å². The standard InChI is InChI=1S/C11H14F2N2O4S/c1-7(6-20(2,18)19)14-10-4-3-8(15(16)17)5-9(10)11(12)13/h3-5,7,11,14H,6H2,1-2H3. The van der Waals surface area contributed by atoms with Gasteiger partial charge in [0.15, 0.2) is 0 Å². The first-order valence-corrected chi connectivity index (χ1v) is 7.67. The number of benzene rings is 1. The van der Waals surface area contributed by atoms with E-state index in [1.54, 1.807) is 0 Å². The van der Waals surface area contributed by atoms with Crippen LogP contribution in [0.5, 0.6) is 0 Å². The number of alkyl halides is 2. The highest BCUT2D eigenvalue weighted by Crippen LogP contribution is 2.31. The van der Waals surface area contributed by atoms with E-state index in [2.05, 4.69) is 5.32 Å². The van der Waals surface area contributed by atoms with Crippen molar-refractivity contribution >= 4 is 21.2 Å². The Kier molecular flexibility index (Phi) is 4.98. The molecule has 0 radical (unpaired) electrons. The lowest BCUT2D eigenvalue weighted by Gasteiger charge is -2.17. The summed E-state index contributed by atoms with van der Waals surface area (Å²) in [7, 11) is -3.26. The summed E-state index contributed by atoms with van der Waals surface area (Å²) in [6, 6.07) is 2.42. The molecule has 9 heteroatoms. The van der Waals surface area contributed by atoms with Gasteiger partial charge in [0.2, 0.25) is 0 Å². The lowest BCUT2D eigenvalue weighted by molar-refractivity contribution is -0.385. The van der Waals surface area contributed by atoms with Gasteiger partial charge in [-0.25, -0.2) is 17.2 Å². The summed E-state index contributed by atoms with van der Waals surface area (Å²) in [6.45, 7) is 1.53. The number of nitro groups is 1. The molecule has 1 aromatic carbocycles. The zero-order valence-corrected chi connectivity index (χ0v) is 11.7. The Morgan fingerprint density at radius 1 is 1.40 bits per heavy atom. The molecule has 1 rings (SSSR count). The van der Waals surface area contributed by atoms with E-state index in [1.807, 2.05) is 0 Å². The molecule has 0 fully saturated rings. The summed E-state index contributed by atoms with van der Waals surface area (Å²) in [6.07, 6.45) is -1.86. The van der Waals surface area contributed by atoms with Crippen LogP contribution in [-0.4, -0.2) is 31.4 Å². The number of nitrogens with one attached hydrogen (secondary N) is 1. The molecule has 0 saturated carbocycles. The summed E-state index contributed by atoms with van der Waals surface area (Å²) in [4.78, 5) is 9.79. The zero-order chi connectivity index (χ0) is 15.5. The second-order valence-corrected chi connectivity index (χ2v) is 6.65. The van der Waals surface area contributed by atoms with Crippen LogP contribution < -0.4 is 5.32 Å². The minimum Gasteiger partial charge on any atom is -0.381 e. The van der Waals surface area contributed by atoms with E-state index in [-0.39, 0.29) is 11.4 Å². The van der Waals surface area contributed by atoms with Gasteiger partial charge in [0.05, 0.1) is 10.7 Å². The molecular weight excluding hydrogens is 294 g/mol. The van der Waals surface area contributed by atoms with Crippen LogP contribution in [0.1, 0.15) is 18.9 Å². The minimum absolute atomic E-state index is 0.0123. The fourth-order valence-electron chi connectivity index (χ4n) is 1.74. The Balaban J connectivity index is 3.03. The highest BCUT2D eigenvalue weighted by molar-refractivity contribution is 7.90. The molecular formula is C11H14F2N2O4S. The number of hydrogen-bond donors (Lipinski definition) is 1. The number of anilines is 1. The third-order valence-corrected chi connectivity index (χ3v) is 3.54. The molecule has 6 nitrogen and oxygen atoms in total. The fraction of sp³-hybridized carbons (Fsp3) is 0.455. The van der Waals surface area contributed by atoms with Crippen LogP contribution in [0.4, 0.5) is 20.2 Å². The van der Waals surface area contributed by atoms with Gasteiger partial charge in [-0.15, -0.1) is 0 Å². The Hall–Kier alpha value is -1.77. The van der Waals surface area contributed by atoms with Crippen molar-refractivity contribution in [2.24, 2.45) is 0 Å². The van der Waals surface area contributed by atoms with Gasteiger partial charge < -0.3 is 5.32 Å². The van der Waals surface area contributed by atoms with Gasteiger partial charge in [-0.1, -0.05) is 0 Å². The van der Waals surface area contributed by atoms with Crippen LogP contribution in [0.15, 0.2) is 18.2 Å². The zero-order valence-electron chi connectivity index (χ0n) is 10.8. The van der Waals surface area contributed by atoms with Crippen molar-refractivity contribution in [3.8, 4) is 0 Å². The highest BCUT2D eigenvalue weighted by Gasteiger charge is 2.20. The molecule has 1 atom stereocenters. The molecule has 0 amide bonds. The van der Waals surface area contributed by atoms with Gasteiger partial charge >= 0.3 is 0 Å². The summed E-state index contributed by atoms with van der Waals surface area (Å²) in [5, 5.41) is 13.2. The number of rotatable bonds is 6. The molecule has 0 saturated heterocycles. The van der Waals surface area contributed by atoms with Crippen molar-refractivity contribution in [3.05, 3.63) is 33.9 Å². The molecule has 0 aromatic heterocycles. The van der Waals surface area contributed by atoms with Crippen LogP contribution in [0.2, 0.25) is 0 Å². The van der Waals surface area contributed by atoms with E-state index in [1.165, 1.54) is 6.92 Å². The van der Waals surface area contributed by atoms with Crippen LogP contribution in [0.3, 0.4) is 0 Å². The molecule has 0 aliphatic rings. The topological polar surface area (TPSA) is 89.3 Å². The van der Waals surface area contributed by atoms with Crippen molar-refractivity contribution in [3.63, 3.8) is 0 Å². The number of sulfone groups is 1. The van der Waals surface area contributed by atoms with E-state index < -0.39 is 38.5 Å². The lowest BCUT2D eigenvalue weighted by atomic mass is 10.1. The number of hydrogen-bond acceptors (Lipinski definition) is 5. The first-order valence-electron chi connectivity index (χ1n) is 5.61. The summed E-state index contributed by atoms with van der Waals surface area (Å²) in [5.74, 6) is -0.229. The van der Waals surface area contributed by atoms with Gasteiger partial charge in [-0.05, 0) is 13.0 Å². The summed E-state index contributed by atoms with van der Waals surface area (Å²) in [5.41, 5.74) is -0.983. The number of nitrogens with zero attached hydrogens (tertiary/aromatic N) is 1. The second kappa shape index (κ2) is 6.12. The maximum Gasteiger partial charge on any atom is 0.270 e. The normalized spacial score (nSPS) is 13.2. The quantitative estimate of drug-likeness (QED) is 0.643. The average molecular weight is 308 g/mol. The van der Waals surface area contributed by atoms with Gasteiger partial charge in [0.25, 0.3) is 12.1 Å². The van der Waals surface area contributed by atoms with Crippen LogP contribution in [0, 0.1) is 10.1 Å². The predicted octanol–water partition coefficient (Wildman–Crippen LogP) is 2.38. The maximum absolute atomic E-state index is 12.9. The van der Waals surface area contributed by atoms with E-state index in [9.17, 15) is 27.3 Å². The molecule has 20 heavy (non-hydrogen) atoms. The lowest BCUT2D eigenvalue weighted by Crippen LogP contribution is -2.25. The molecule has 0 aliphatic carbocycles. The monoisotopic (exact) mass is 308 g/mol. The van der Waals surface area contributed by atoms with Crippen LogP contribution in [-0.2, 0) is 9.84 Å². The maximum atomic E-state index is 12.9. The Labute approximate surface area is 114 Å². The molecule has 112 valence electrons. The van der Waals surface area contributed by atoms with Crippen LogP contribution in [0.25, 0.3) is 0 Å². The molecule has 0 aliphatic heterocycles. The van der Waals surface area contributed by atoms with Crippen molar-refractivity contribution in [2.45, 2.75) is 19.4 Å². The Morgan fingerprint density at radius 3 is 2.45 bits per heavy atom. The summed E-state index contributed by atoms with van der Waals surface area (Å²) >= 11 is 0. The SMILES string of the molecule is CC(CS(C)(=O)=O)Nc1ccc([N+](=O)[O-])cc1C(F)F. The number of nitro benzene ring substituents is 1. The van der Waals surface area contributed by atoms with E-state index >= 15 is 0 Å². The largest absolute Gasteiger partial charge is 0.381 e. The van der Waals surface area contributed by atoms with Crippen molar-refractivity contribution in [1.82, 2.24) is 0 Å². The van der Waals surface area contributed by atoms with Gasteiger partial charge in [-0.3, -0.25) is 10.1 Å². The molecule has 1 unspecified atom stereocenters. The molecule has 0 bridgehead atoms. The van der Waals surface area contributed by atoms with E-state index in [4.69, 9.17) is 0 Å². The highest BCUT2D eigenvalue weighted by atomic mass is 32.2. The number of non-ortho nitro benzene ring substituents is 1. The fourth-order valence-corrected chi connectivity index (χ4v) is 2.73. The molecule has 0 heterocycles. The smallest absolute Gasteiger partial charge is 0.270 e. The average Bonchev–Trinajstić information content (AvgIpc) is 2.25. The van der Waals surface area contributed by atoms with Crippen molar-refractivity contribution < 1.29 is 22.1 Å². The first-order chi connectivity index (χ1) is 9.10. The minimum atomic E-state index is -3.26. The predicted molar refractivity (Wildman–Crippen MR) is 70.8 cm³/mol. The third kappa shape index (κ3) is 4.72. The van der Waals surface area contributed by atoms with Gasteiger partial charge in [0, 0.05) is 35.7 Å². The second-order valence-electron chi connectivity index (χ2n) is 4.47. The van der Waals surface area contributed by atoms with E-state index in [0.717, 1.165) is 24.5 Å². The van der Waals surface area contributed by atoms with Crippen molar-refractivity contribution in [2.75, 3.05) is 17.3 Å². The first kappa shape index (κ1) is 16.3. The summed E-state index contributed by atoms with van der Waals surface area (Å²) < 4.78 is 48.0. The van der Waals surface area contributed by atoms with Gasteiger partial charge in [-0.2, -0.15) is 0 Å². The molecule has 0 spiro atoms. The molecule has 1 aromatic rings. The number of halogens is 2. The van der Waals surface area contributed by atoms with Crippen LogP contribution >= 0.6 is 0 Å². The van der Waals surface area contributed by atoms with Crippen molar-refractivity contribution in [1.29, 1.82) is 0 Å².